The Bertz CT molecular complexity index is 1160. The maximum absolute atomic E-state index is 12.8. The molecular formula is C21H19ClN2O5. The molecule has 8 heteroatoms. The van der Waals surface area contributed by atoms with Gasteiger partial charge in [-0.05, 0) is 43.3 Å². The highest BCUT2D eigenvalue weighted by atomic mass is 35.5. The van der Waals surface area contributed by atoms with Crippen molar-refractivity contribution in [1.29, 1.82) is 0 Å². The van der Waals surface area contributed by atoms with Gasteiger partial charge >= 0.3 is 0 Å². The molecule has 2 aromatic carbocycles. The zero-order chi connectivity index (χ0) is 21.1. The summed E-state index contributed by atoms with van der Waals surface area (Å²) in [6.07, 6.45) is 1.48. The number of fused-ring (bicyclic) bond motifs is 1. The Morgan fingerprint density at radius 1 is 1.03 bits per heavy atom. The van der Waals surface area contributed by atoms with Gasteiger partial charge in [0.05, 0.1) is 38.6 Å². The zero-order valence-electron chi connectivity index (χ0n) is 16.4. The summed E-state index contributed by atoms with van der Waals surface area (Å²) in [5.41, 5.74) is 0.646. The van der Waals surface area contributed by atoms with Crippen LogP contribution in [0.1, 0.15) is 22.8 Å². The van der Waals surface area contributed by atoms with E-state index in [2.05, 4.69) is 5.10 Å². The molecular weight excluding hydrogens is 396 g/mol. The van der Waals surface area contributed by atoms with Crippen molar-refractivity contribution >= 4 is 34.5 Å². The largest absolute Gasteiger partial charge is 0.493 e. The Hall–Kier alpha value is -3.32. The van der Waals surface area contributed by atoms with Crippen LogP contribution in [0.5, 0.6) is 17.2 Å². The van der Waals surface area contributed by atoms with E-state index in [4.69, 9.17) is 25.8 Å². The lowest BCUT2D eigenvalue weighted by Gasteiger charge is -2.13. The van der Waals surface area contributed by atoms with Gasteiger partial charge in [-0.3, -0.25) is 9.59 Å². The maximum atomic E-state index is 12.8. The molecule has 29 heavy (non-hydrogen) atoms. The van der Waals surface area contributed by atoms with Crippen LogP contribution in [-0.2, 0) is 0 Å². The number of pyridine rings is 1. The van der Waals surface area contributed by atoms with Gasteiger partial charge < -0.3 is 14.2 Å². The predicted octanol–water partition coefficient (Wildman–Crippen LogP) is 3.77. The van der Waals surface area contributed by atoms with Crippen LogP contribution in [0.3, 0.4) is 0 Å². The van der Waals surface area contributed by atoms with Crippen molar-refractivity contribution in [3.63, 3.8) is 0 Å². The lowest BCUT2D eigenvalue weighted by atomic mass is 10.1. The minimum Gasteiger partial charge on any atom is -0.493 e. The third kappa shape index (κ3) is 3.95. The molecule has 0 spiro atoms. The fourth-order valence-corrected chi connectivity index (χ4v) is 3.12. The van der Waals surface area contributed by atoms with Gasteiger partial charge in [0, 0.05) is 16.0 Å². The van der Waals surface area contributed by atoms with Crippen molar-refractivity contribution < 1.29 is 19.0 Å². The Kier molecular flexibility index (Phi) is 5.89. The molecule has 7 nitrogen and oxygen atoms in total. The predicted molar refractivity (Wildman–Crippen MR) is 112 cm³/mol. The first kappa shape index (κ1) is 20.4. The minimum absolute atomic E-state index is 0.0295. The van der Waals surface area contributed by atoms with Crippen molar-refractivity contribution in [2.75, 3.05) is 21.3 Å². The number of carbonyl (C=O) groups excluding carboxylic acids is 1. The first-order valence-corrected chi connectivity index (χ1v) is 8.98. The molecule has 0 saturated carbocycles. The SMILES string of the molecule is COc1cc(/C=N/n2c(=O)c(C(C)=O)cc3cc(Cl)ccc32)cc(OC)c1OC. The standard InChI is InChI=1S/C21H19ClN2O5/c1-12(25)16-10-14-9-15(22)5-6-17(14)24(21(16)26)23-11-13-7-18(27-2)20(29-4)19(8-13)28-3/h5-11H,1-4H3/b23-11+. The van der Waals surface area contributed by atoms with Gasteiger partial charge in [0.2, 0.25) is 5.75 Å². The van der Waals surface area contributed by atoms with E-state index in [0.29, 0.717) is 38.7 Å². The summed E-state index contributed by atoms with van der Waals surface area (Å²) in [5.74, 6) is 1.00. The number of carbonyl (C=O) groups is 1. The number of halogens is 1. The fourth-order valence-electron chi connectivity index (χ4n) is 2.94. The van der Waals surface area contributed by atoms with E-state index in [-0.39, 0.29) is 11.3 Å². The molecule has 0 aliphatic carbocycles. The second kappa shape index (κ2) is 8.36. The Labute approximate surface area is 172 Å². The topological polar surface area (TPSA) is 79.1 Å². The van der Waals surface area contributed by atoms with Crippen LogP contribution in [0.4, 0.5) is 0 Å². The van der Waals surface area contributed by atoms with Crippen LogP contribution in [0.2, 0.25) is 5.02 Å². The van der Waals surface area contributed by atoms with Gasteiger partial charge in [0.15, 0.2) is 17.3 Å². The van der Waals surface area contributed by atoms with Crippen LogP contribution < -0.4 is 19.8 Å². The van der Waals surface area contributed by atoms with E-state index in [1.165, 1.54) is 45.2 Å². The highest BCUT2D eigenvalue weighted by Gasteiger charge is 2.14. The van der Waals surface area contributed by atoms with Crippen molar-refractivity contribution in [2.45, 2.75) is 6.92 Å². The first-order valence-electron chi connectivity index (χ1n) is 8.60. The van der Waals surface area contributed by atoms with Gasteiger partial charge in [-0.2, -0.15) is 9.78 Å². The summed E-state index contributed by atoms with van der Waals surface area (Å²) in [6.45, 7) is 1.33. The van der Waals surface area contributed by atoms with E-state index in [0.717, 1.165) is 0 Å². The molecule has 0 fully saturated rings. The summed E-state index contributed by atoms with van der Waals surface area (Å²) in [7, 11) is 4.53. The highest BCUT2D eigenvalue weighted by molar-refractivity contribution is 6.31. The quantitative estimate of drug-likeness (QED) is 0.453. The number of Topliss-reactive ketones (excluding diaryl/α,β-unsaturated/α-hetero) is 1. The third-order valence-electron chi connectivity index (χ3n) is 4.33. The number of aromatic nitrogens is 1. The molecule has 3 rings (SSSR count). The number of ether oxygens (including phenoxy) is 3. The number of benzene rings is 2. The molecule has 0 aliphatic heterocycles. The van der Waals surface area contributed by atoms with Gasteiger partial charge in [0.1, 0.15) is 0 Å². The second-order valence-electron chi connectivity index (χ2n) is 6.14. The van der Waals surface area contributed by atoms with Gasteiger partial charge in [0.25, 0.3) is 5.56 Å². The van der Waals surface area contributed by atoms with Crippen molar-refractivity contribution in [1.82, 2.24) is 4.68 Å². The summed E-state index contributed by atoms with van der Waals surface area (Å²) in [5, 5.41) is 5.44. The number of methoxy groups -OCH3 is 3. The number of hydrogen-bond donors (Lipinski definition) is 0. The smallest absolute Gasteiger partial charge is 0.282 e. The Balaban J connectivity index is 2.20. The molecule has 1 heterocycles. The molecule has 0 unspecified atom stereocenters. The first-order chi connectivity index (χ1) is 13.9. The van der Waals surface area contributed by atoms with Crippen LogP contribution >= 0.6 is 11.6 Å². The lowest BCUT2D eigenvalue weighted by Crippen LogP contribution is -2.23. The molecule has 150 valence electrons. The highest BCUT2D eigenvalue weighted by Crippen LogP contribution is 2.37. The number of hydrogen-bond acceptors (Lipinski definition) is 6. The molecule has 0 saturated heterocycles. The summed E-state index contributed by atoms with van der Waals surface area (Å²) < 4.78 is 17.1. The van der Waals surface area contributed by atoms with E-state index >= 15 is 0 Å². The van der Waals surface area contributed by atoms with E-state index < -0.39 is 5.56 Å². The average molecular weight is 415 g/mol. The van der Waals surface area contributed by atoms with Crippen molar-refractivity contribution in [3.05, 3.63) is 62.9 Å². The minimum atomic E-state index is -0.518. The van der Waals surface area contributed by atoms with E-state index in [1.807, 2.05) is 0 Å². The summed E-state index contributed by atoms with van der Waals surface area (Å²) in [4.78, 5) is 24.7. The summed E-state index contributed by atoms with van der Waals surface area (Å²) in [6, 6.07) is 9.93. The third-order valence-corrected chi connectivity index (χ3v) is 4.56. The lowest BCUT2D eigenvalue weighted by molar-refractivity contribution is 0.101. The summed E-state index contributed by atoms with van der Waals surface area (Å²) >= 11 is 6.06. The van der Waals surface area contributed by atoms with Crippen LogP contribution in [-0.4, -0.2) is 38.0 Å². The monoisotopic (exact) mass is 414 g/mol. The zero-order valence-corrected chi connectivity index (χ0v) is 17.1. The Morgan fingerprint density at radius 2 is 1.69 bits per heavy atom. The Morgan fingerprint density at radius 3 is 2.24 bits per heavy atom. The number of rotatable bonds is 6. The molecule has 0 amide bonds. The molecule has 0 radical (unpaired) electrons. The maximum Gasteiger partial charge on any atom is 0.282 e. The average Bonchev–Trinajstić information content (AvgIpc) is 2.71. The molecule has 1 aromatic heterocycles. The molecule has 3 aromatic rings. The molecule has 0 atom stereocenters. The van der Waals surface area contributed by atoms with Gasteiger partial charge in [-0.15, -0.1) is 0 Å². The van der Waals surface area contributed by atoms with Crippen LogP contribution in [0, 0.1) is 0 Å². The number of nitrogens with zero attached hydrogens (tertiary/aromatic N) is 2. The van der Waals surface area contributed by atoms with Crippen LogP contribution in [0.25, 0.3) is 10.9 Å². The second-order valence-corrected chi connectivity index (χ2v) is 6.57. The van der Waals surface area contributed by atoms with Gasteiger partial charge in [-0.1, -0.05) is 11.6 Å². The van der Waals surface area contributed by atoms with E-state index in [1.54, 1.807) is 30.3 Å². The molecule has 0 N–H and O–H groups in total. The fraction of sp³-hybridized carbons (Fsp3) is 0.190. The van der Waals surface area contributed by atoms with Crippen molar-refractivity contribution in [3.8, 4) is 17.2 Å². The van der Waals surface area contributed by atoms with Crippen LogP contribution in [0.15, 0.2) is 46.3 Å². The van der Waals surface area contributed by atoms with E-state index in [9.17, 15) is 9.59 Å². The van der Waals surface area contributed by atoms with Gasteiger partial charge in [-0.25, -0.2) is 0 Å². The van der Waals surface area contributed by atoms with Crippen molar-refractivity contribution in [2.24, 2.45) is 5.10 Å². The normalized spacial score (nSPS) is 11.1. The molecule has 0 bridgehead atoms. The molecule has 0 aliphatic rings. The number of ketones is 1.